The standard InChI is InChI=1S/C20H26BO5P/c1-6-23-18(22)14-9-13-10-15(7-8-16(13)17(11-14)24-12-27)21-25-19(2,3)20(4,5)26-21/h7-11H,6,12,27H2,1-5H3. The van der Waals surface area contributed by atoms with E-state index < -0.39 is 18.3 Å². The van der Waals surface area contributed by atoms with E-state index in [9.17, 15) is 4.79 Å². The third-order valence-electron chi connectivity index (χ3n) is 5.21. The van der Waals surface area contributed by atoms with Crippen molar-refractivity contribution in [2.24, 2.45) is 0 Å². The molecule has 0 amide bonds. The maximum absolute atomic E-state index is 12.2. The SMILES string of the molecule is CCOC(=O)c1cc(OCP)c2ccc(B3OC(C)(C)C(C)(C)O3)cc2c1. The molecular weight excluding hydrogens is 362 g/mol. The maximum atomic E-state index is 12.2. The van der Waals surface area contributed by atoms with Gasteiger partial charge in [-0.05, 0) is 57.6 Å². The molecule has 3 rings (SSSR count). The van der Waals surface area contributed by atoms with Crippen LogP contribution in [0.5, 0.6) is 5.75 Å². The van der Waals surface area contributed by atoms with E-state index in [2.05, 4.69) is 9.24 Å². The van der Waals surface area contributed by atoms with Crippen molar-refractivity contribution in [1.82, 2.24) is 0 Å². The van der Waals surface area contributed by atoms with Crippen molar-refractivity contribution in [1.29, 1.82) is 0 Å². The van der Waals surface area contributed by atoms with Gasteiger partial charge in [-0.2, -0.15) is 0 Å². The molecule has 1 aliphatic heterocycles. The van der Waals surface area contributed by atoms with Crippen LogP contribution in [0.4, 0.5) is 0 Å². The normalized spacial score (nSPS) is 17.9. The van der Waals surface area contributed by atoms with Gasteiger partial charge in [-0.3, -0.25) is 0 Å². The Morgan fingerprint density at radius 1 is 1.11 bits per heavy atom. The number of fused-ring (bicyclic) bond motifs is 1. The summed E-state index contributed by atoms with van der Waals surface area (Å²) in [4.78, 5) is 12.2. The number of hydrogen-bond acceptors (Lipinski definition) is 5. The Bertz CT molecular complexity index is 849. The van der Waals surface area contributed by atoms with Crippen molar-refractivity contribution in [3.63, 3.8) is 0 Å². The van der Waals surface area contributed by atoms with Gasteiger partial charge in [-0.25, -0.2) is 4.79 Å². The topological polar surface area (TPSA) is 54.0 Å². The number of hydrogen-bond donors (Lipinski definition) is 0. The Morgan fingerprint density at radius 2 is 1.78 bits per heavy atom. The highest BCUT2D eigenvalue weighted by Crippen LogP contribution is 2.37. The molecule has 0 aliphatic carbocycles. The Morgan fingerprint density at radius 3 is 2.37 bits per heavy atom. The summed E-state index contributed by atoms with van der Waals surface area (Å²) < 4.78 is 23.1. The molecular formula is C20H26BO5P. The largest absolute Gasteiger partial charge is 0.494 e. The highest BCUT2D eigenvalue weighted by Gasteiger charge is 2.51. The zero-order valence-electron chi connectivity index (χ0n) is 16.5. The third kappa shape index (κ3) is 3.84. The second-order valence-electron chi connectivity index (χ2n) is 7.57. The lowest BCUT2D eigenvalue weighted by molar-refractivity contribution is 0.00578. The van der Waals surface area contributed by atoms with Crippen LogP contribution in [-0.4, -0.2) is 37.2 Å². The average molecular weight is 388 g/mol. The molecule has 7 heteroatoms. The molecule has 5 nitrogen and oxygen atoms in total. The fraction of sp³-hybridized carbons (Fsp3) is 0.450. The summed E-state index contributed by atoms with van der Waals surface area (Å²) in [6, 6.07) is 9.47. The smallest absolute Gasteiger partial charge is 0.489 e. The van der Waals surface area contributed by atoms with E-state index in [1.165, 1.54) is 0 Å². The molecule has 1 unspecified atom stereocenters. The van der Waals surface area contributed by atoms with Gasteiger partial charge in [0.15, 0.2) is 0 Å². The van der Waals surface area contributed by atoms with Crippen molar-refractivity contribution in [2.45, 2.75) is 45.8 Å². The van der Waals surface area contributed by atoms with Crippen molar-refractivity contribution < 1.29 is 23.6 Å². The lowest BCUT2D eigenvalue weighted by atomic mass is 9.78. The lowest BCUT2D eigenvalue weighted by Gasteiger charge is -2.32. The molecule has 0 saturated carbocycles. The van der Waals surface area contributed by atoms with Crippen molar-refractivity contribution >= 4 is 38.6 Å². The first kappa shape index (κ1) is 20.1. The monoisotopic (exact) mass is 388 g/mol. The predicted molar refractivity (Wildman–Crippen MR) is 111 cm³/mol. The zero-order valence-corrected chi connectivity index (χ0v) is 17.7. The van der Waals surface area contributed by atoms with E-state index >= 15 is 0 Å². The first-order chi connectivity index (χ1) is 12.7. The van der Waals surface area contributed by atoms with Gasteiger partial charge in [0.25, 0.3) is 0 Å². The van der Waals surface area contributed by atoms with Crippen LogP contribution in [0.1, 0.15) is 45.0 Å². The molecule has 1 aliphatic rings. The second kappa shape index (κ2) is 7.42. The number of carbonyl (C=O) groups excluding carboxylic acids is 1. The molecule has 1 saturated heterocycles. The zero-order chi connectivity index (χ0) is 19.8. The highest BCUT2D eigenvalue weighted by atomic mass is 31.0. The quantitative estimate of drug-likeness (QED) is 0.446. The fourth-order valence-corrected chi connectivity index (χ4v) is 3.20. The molecule has 2 aromatic carbocycles. The lowest BCUT2D eigenvalue weighted by Crippen LogP contribution is -2.41. The van der Waals surface area contributed by atoms with E-state index in [-0.39, 0.29) is 5.97 Å². The Balaban J connectivity index is 2.04. The summed E-state index contributed by atoms with van der Waals surface area (Å²) in [6.07, 6.45) is 0.431. The number of benzene rings is 2. The van der Waals surface area contributed by atoms with Crippen LogP contribution in [0.3, 0.4) is 0 Å². The number of esters is 1. The summed E-state index contributed by atoms with van der Waals surface area (Å²) in [7, 11) is 2.06. The summed E-state index contributed by atoms with van der Waals surface area (Å²) in [5.74, 6) is 0.278. The molecule has 1 fully saturated rings. The van der Waals surface area contributed by atoms with Crippen LogP contribution < -0.4 is 10.2 Å². The van der Waals surface area contributed by atoms with Crippen LogP contribution in [0.15, 0.2) is 30.3 Å². The molecule has 1 atom stereocenters. The summed E-state index contributed by atoms with van der Waals surface area (Å²) in [6.45, 7) is 10.2. The molecule has 144 valence electrons. The van der Waals surface area contributed by atoms with Gasteiger partial charge in [-0.15, -0.1) is 0 Å². The number of carbonyl (C=O) groups is 1. The Hall–Kier alpha value is -1.62. The van der Waals surface area contributed by atoms with Crippen molar-refractivity contribution in [2.75, 3.05) is 13.0 Å². The Labute approximate surface area is 163 Å². The molecule has 27 heavy (non-hydrogen) atoms. The molecule has 2 aromatic rings. The first-order valence-electron chi connectivity index (χ1n) is 9.12. The van der Waals surface area contributed by atoms with E-state index in [0.717, 1.165) is 16.2 Å². The van der Waals surface area contributed by atoms with Gasteiger partial charge in [0, 0.05) is 5.39 Å². The van der Waals surface area contributed by atoms with Gasteiger partial charge in [0.1, 0.15) is 12.1 Å². The van der Waals surface area contributed by atoms with Gasteiger partial charge in [0.2, 0.25) is 0 Å². The summed E-state index contributed by atoms with van der Waals surface area (Å²) in [5, 5.41) is 1.80. The van der Waals surface area contributed by atoms with Crippen LogP contribution in [-0.2, 0) is 14.0 Å². The van der Waals surface area contributed by atoms with Crippen LogP contribution in [0, 0.1) is 0 Å². The summed E-state index contributed by atoms with van der Waals surface area (Å²) >= 11 is 0. The minimum Gasteiger partial charge on any atom is -0.489 e. The van der Waals surface area contributed by atoms with Crippen LogP contribution in [0.2, 0.25) is 0 Å². The minimum atomic E-state index is -0.461. The fourth-order valence-electron chi connectivity index (χ4n) is 3.02. The van der Waals surface area contributed by atoms with Gasteiger partial charge < -0.3 is 18.8 Å². The van der Waals surface area contributed by atoms with Crippen molar-refractivity contribution in [3.8, 4) is 5.75 Å². The predicted octanol–water partition coefficient (Wildman–Crippen LogP) is 3.53. The molecule has 0 bridgehead atoms. The second-order valence-corrected chi connectivity index (χ2v) is 7.91. The molecule has 0 aromatic heterocycles. The van der Waals surface area contributed by atoms with Crippen LogP contribution in [0.25, 0.3) is 10.8 Å². The van der Waals surface area contributed by atoms with Gasteiger partial charge in [-0.1, -0.05) is 27.4 Å². The molecule has 0 N–H and O–H groups in total. The molecule has 1 heterocycles. The van der Waals surface area contributed by atoms with Gasteiger partial charge >= 0.3 is 13.1 Å². The van der Waals surface area contributed by atoms with Crippen LogP contribution >= 0.6 is 9.24 Å². The number of rotatable bonds is 5. The maximum Gasteiger partial charge on any atom is 0.494 e. The average Bonchev–Trinajstić information content (AvgIpc) is 2.82. The van der Waals surface area contributed by atoms with Crippen molar-refractivity contribution in [3.05, 3.63) is 35.9 Å². The Kier molecular flexibility index (Phi) is 5.53. The molecule has 0 radical (unpaired) electrons. The van der Waals surface area contributed by atoms with E-state index in [0.29, 0.717) is 24.3 Å². The third-order valence-corrected chi connectivity index (χ3v) is 5.38. The van der Waals surface area contributed by atoms with E-state index in [4.69, 9.17) is 18.8 Å². The number of ether oxygens (including phenoxy) is 2. The van der Waals surface area contributed by atoms with Gasteiger partial charge in [0.05, 0.1) is 23.4 Å². The highest BCUT2D eigenvalue weighted by molar-refractivity contribution is 7.16. The van der Waals surface area contributed by atoms with E-state index in [1.54, 1.807) is 13.0 Å². The summed E-state index contributed by atoms with van der Waals surface area (Å²) in [5.41, 5.74) is 0.545. The first-order valence-corrected chi connectivity index (χ1v) is 9.93. The molecule has 0 spiro atoms. The van der Waals surface area contributed by atoms with E-state index in [1.807, 2.05) is 52.0 Å². The minimum absolute atomic E-state index is 0.324.